The first-order valence-electron chi connectivity index (χ1n) is 16.0. The Morgan fingerprint density at radius 3 is 2.35 bits per heavy atom. The molecule has 43 heavy (non-hydrogen) atoms. The number of fused-ring (bicyclic) bond motifs is 1. The van der Waals surface area contributed by atoms with Crippen LogP contribution < -0.4 is 14.2 Å². The van der Waals surface area contributed by atoms with E-state index in [0.29, 0.717) is 13.2 Å². The number of nitrogens with one attached hydrogen (secondary N) is 1. The van der Waals surface area contributed by atoms with E-state index < -0.39 is 0 Å². The van der Waals surface area contributed by atoms with Crippen molar-refractivity contribution in [3.8, 4) is 34.4 Å². The third-order valence-electron chi connectivity index (χ3n) is 8.23. The Hall–Kier alpha value is -3.55. The molecule has 0 aliphatic carbocycles. The van der Waals surface area contributed by atoms with E-state index >= 15 is 0 Å². The summed E-state index contributed by atoms with van der Waals surface area (Å²) in [5, 5.41) is 0. The van der Waals surface area contributed by atoms with E-state index in [-0.39, 0.29) is 5.41 Å². The van der Waals surface area contributed by atoms with Crippen LogP contribution in [0.3, 0.4) is 0 Å². The Morgan fingerprint density at radius 1 is 0.860 bits per heavy atom. The summed E-state index contributed by atoms with van der Waals surface area (Å²) in [6, 6.07) is 20.4. The molecule has 3 aromatic carbocycles. The van der Waals surface area contributed by atoms with Crippen LogP contribution in [0.15, 0.2) is 60.7 Å². The van der Waals surface area contributed by atoms with E-state index in [4.69, 9.17) is 19.2 Å². The molecule has 1 aliphatic heterocycles. The van der Waals surface area contributed by atoms with Gasteiger partial charge in [0.1, 0.15) is 35.2 Å². The number of rotatable bonds is 14. The highest BCUT2D eigenvalue weighted by molar-refractivity contribution is 5.86. The molecule has 5 rings (SSSR count). The zero-order valence-corrected chi connectivity index (χ0v) is 26.6. The van der Waals surface area contributed by atoms with Crippen LogP contribution in [0.1, 0.15) is 59.4 Å². The van der Waals surface area contributed by atoms with Crippen molar-refractivity contribution < 1.29 is 14.2 Å². The van der Waals surface area contributed by atoms with E-state index in [1.807, 2.05) is 48.5 Å². The van der Waals surface area contributed by atoms with Crippen LogP contribution in [-0.2, 0) is 5.41 Å². The van der Waals surface area contributed by atoms with E-state index in [0.717, 1.165) is 91.1 Å². The summed E-state index contributed by atoms with van der Waals surface area (Å²) in [4.78, 5) is 13.4. The van der Waals surface area contributed by atoms with Gasteiger partial charge in [-0.25, -0.2) is 4.98 Å². The van der Waals surface area contributed by atoms with Crippen molar-refractivity contribution in [3.05, 3.63) is 66.2 Å². The van der Waals surface area contributed by atoms with Gasteiger partial charge < -0.3 is 24.1 Å². The monoisotopic (exact) mass is 584 g/mol. The molecule has 2 heterocycles. The van der Waals surface area contributed by atoms with E-state index in [1.165, 1.54) is 18.4 Å². The Bertz CT molecular complexity index is 1450. The molecule has 4 aromatic rings. The molecular formula is C36H48N4O3. The Labute approximate surface area is 257 Å². The third-order valence-corrected chi connectivity index (χ3v) is 8.23. The molecule has 7 heteroatoms. The standard InChI is InChI=1S/C36H48N4O3/c1-6-39(7-2)20-11-22-42-33-26-31(41-23-21-40-18-8-9-19-40)25-32-34(33)38-35(37-32)27-12-10-13-30(24-27)43-29-16-14-28(15-17-29)36(3,4)5/h10,12-17,24-26H,6-9,11,18-23H2,1-5H3,(H,37,38). The van der Waals surface area contributed by atoms with E-state index in [9.17, 15) is 0 Å². The molecule has 1 aromatic heterocycles. The number of benzene rings is 3. The second-order valence-corrected chi connectivity index (χ2v) is 12.4. The Balaban J connectivity index is 1.34. The number of H-pyrrole nitrogens is 1. The van der Waals surface area contributed by atoms with Crippen molar-refractivity contribution in [1.82, 2.24) is 19.8 Å². The van der Waals surface area contributed by atoms with Crippen molar-refractivity contribution in [2.24, 2.45) is 0 Å². The van der Waals surface area contributed by atoms with Crippen molar-refractivity contribution in [3.63, 3.8) is 0 Å². The third kappa shape index (κ3) is 8.30. The minimum atomic E-state index is 0.104. The second kappa shape index (κ2) is 14.3. The van der Waals surface area contributed by atoms with Gasteiger partial charge in [0, 0.05) is 30.8 Å². The Kier molecular flexibility index (Phi) is 10.3. The van der Waals surface area contributed by atoms with Crippen molar-refractivity contribution in [2.75, 3.05) is 52.5 Å². The highest BCUT2D eigenvalue weighted by Crippen LogP contribution is 2.34. The van der Waals surface area contributed by atoms with Gasteiger partial charge in [0.15, 0.2) is 5.75 Å². The quantitative estimate of drug-likeness (QED) is 0.152. The number of ether oxygens (including phenoxy) is 3. The Morgan fingerprint density at radius 2 is 1.63 bits per heavy atom. The van der Waals surface area contributed by atoms with Gasteiger partial charge in [-0.1, -0.05) is 58.9 Å². The van der Waals surface area contributed by atoms with Gasteiger partial charge >= 0.3 is 0 Å². The lowest BCUT2D eigenvalue weighted by Gasteiger charge is -2.19. The number of nitrogens with zero attached hydrogens (tertiary/aromatic N) is 3. The zero-order valence-electron chi connectivity index (χ0n) is 26.6. The lowest BCUT2D eigenvalue weighted by molar-refractivity contribution is 0.235. The molecule has 1 saturated heterocycles. The molecule has 0 unspecified atom stereocenters. The zero-order chi connectivity index (χ0) is 30.2. The molecule has 0 atom stereocenters. The summed E-state index contributed by atoms with van der Waals surface area (Å²) in [5.74, 6) is 3.90. The molecule has 1 fully saturated rings. The first-order valence-corrected chi connectivity index (χ1v) is 16.0. The molecule has 0 bridgehead atoms. The van der Waals surface area contributed by atoms with Crippen LogP contribution >= 0.6 is 0 Å². The van der Waals surface area contributed by atoms with Gasteiger partial charge in [0.2, 0.25) is 0 Å². The van der Waals surface area contributed by atoms with Crippen LogP contribution in [0, 0.1) is 0 Å². The predicted octanol–water partition coefficient (Wildman–Crippen LogP) is 7.91. The summed E-state index contributed by atoms with van der Waals surface area (Å²) in [6.45, 7) is 18.7. The summed E-state index contributed by atoms with van der Waals surface area (Å²) in [7, 11) is 0. The number of aromatic nitrogens is 2. The fourth-order valence-corrected chi connectivity index (χ4v) is 5.57. The molecule has 0 spiro atoms. The highest BCUT2D eigenvalue weighted by atomic mass is 16.5. The molecule has 0 saturated carbocycles. The molecule has 1 aliphatic rings. The molecule has 0 radical (unpaired) electrons. The summed E-state index contributed by atoms with van der Waals surface area (Å²) in [6.07, 6.45) is 3.52. The number of hydrogen-bond acceptors (Lipinski definition) is 6. The van der Waals surface area contributed by atoms with E-state index in [1.54, 1.807) is 0 Å². The first-order chi connectivity index (χ1) is 20.8. The lowest BCUT2D eigenvalue weighted by atomic mass is 9.87. The number of likely N-dealkylation sites (tertiary alicyclic amines) is 1. The molecule has 7 nitrogen and oxygen atoms in total. The van der Waals surface area contributed by atoms with Gasteiger partial charge in [-0.2, -0.15) is 0 Å². The highest BCUT2D eigenvalue weighted by Gasteiger charge is 2.16. The van der Waals surface area contributed by atoms with E-state index in [2.05, 4.69) is 61.5 Å². The normalized spacial score (nSPS) is 14.1. The van der Waals surface area contributed by atoms with Crippen LogP contribution in [0.4, 0.5) is 0 Å². The van der Waals surface area contributed by atoms with Crippen LogP contribution in [0.5, 0.6) is 23.0 Å². The molecule has 230 valence electrons. The van der Waals surface area contributed by atoms with Gasteiger partial charge in [0.05, 0.1) is 12.1 Å². The van der Waals surface area contributed by atoms with Gasteiger partial charge in [-0.3, -0.25) is 4.90 Å². The summed E-state index contributed by atoms with van der Waals surface area (Å²) >= 11 is 0. The lowest BCUT2D eigenvalue weighted by Crippen LogP contribution is -2.25. The fourth-order valence-electron chi connectivity index (χ4n) is 5.57. The molecule has 1 N–H and O–H groups in total. The summed E-state index contributed by atoms with van der Waals surface area (Å²) < 4.78 is 18.8. The van der Waals surface area contributed by atoms with Crippen molar-refractivity contribution >= 4 is 11.0 Å². The maximum atomic E-state index is 6.34. The SMILES string of the molecule is CCN(CC)CCCOc1cc(OCCN2CCCC2)cc2[nH]c(-c3cccc(Oc4ccc(C(C)(C)C)cc4)c3)nc12. The topological polar surface area (TPSA) is 62.9 Å². The van der Waals surface area contributed by atoms with Crippen molar-refractivity contribution in [2.45, 2.75) is 59.3 Å². The van der Waals surface area contributed by atoms with Gasteiger partial charge in [-0.05, 0) is 80.7 Å². The fraction of sp³-hybridized carbons (Fsp3) is 0.472. The summed E-state index contributed by atoms with van der Waals surface area (Å²) in [5.41, 5.74) is 4.04. The maximum absolute atomic E-state index is 6.34. The second-order valence-electron chi connectivity index (χ2n) is 12.4. The number of imidazole rings is 1. The number of hydrogen-bond donors (Lipinski definition) is 1. The largest absolute Gasteiger partial charge is 0.492 e. The van der Waals surface area contributed by atoms with Crippen LogP contribution in [0.25, 0.3) is 22.4 Å². The van der Waals surface area contributed by atoms with Gasteiger partial charge in [0.25, 0.3) is 0 Å². The van der Waals surface area contributed by atoms with Crippen LogP contribution in [0.2, 0.25) is 0 Å². The van der Waals surface area contributed by atoms with Gasteiger partial charge in [-0.15, -0.1) is 0 Å². The van der Waals surface area contributed by atoms with Crippen molar-refractivity contribution in [1.29, 1.82) is 0 Å². The average Bonchev–Trinajstić information content (AvgIpc) is 3.68. The first kappa shape index (κ1) is 30.9. The van der Waals surface area contributed by atoms with Crippen LogP contribution in [-0.4, -0.2) is 72.3 Å². The average molecular weight is 585 g/mol. The maximum Gasteiger partial charge on any atom is 0.150 e. The molecular weight excluding hydrogens is 536 g/mol. The predicted molar refractivity (Wildman–Crippen MR) is 176 cm³/mol. The number of aromatic amines is 1. The molecule has 0 amide bonds. The minimum Gasteiger partial charge on any atom is -0.492 e. The minimum absolute atomic E-state index is 0.104. The smallest absolute Gasteiger partial charge is 0.150 e.